The Morgan fingerprint density at radius 1 is 0.923 bits per heavy atom. The van der Waals surface area contributed by atoms with E-state index in [9.17, 15) is 0 Å². The maximum absolute atomic E-state index is 3.35. The van der Waals surface area contributed by atoms with E-state index < -0.39 is 0 Å². The molecule has 1 fully saturated rings. The molecular weight excluding hydrogens is 158 g/mol. The van der Waals surface area contributed by atoms with Crippen LogP contribution in [-0.2, 0) is 0 Å². The Morgan fingerprint density at radius 3 is 1.69 bits per heavy atom. The molecule has 0 heterocycles. The van der Waals surface area contributed by atoms with Crippen LogP contribution in [0.15, 0.2) is 0 Å². The number of rotatable bonds is 1. The van der Waals surface area contributed by atoms with Crippen molar-refractivity contribution in [1.82, 2.24) is 5.32 Å². The van der Waals surface area contributed by atoms with Gasteiger partial charge < -0.3 is 5.32 Å². The SMILES string of the molecule is CC.CC.CNC1CCCCC1C. The first-order valence-electron chi connectivity index (χ1n) is 6.02. The van der Waals surface area contributed by atoms with Crippen molar-refractivity contribution < 1.29 is 0 Å². The Kier molecular flexibility index (Phi) is 14.2. The highest BCUT2D eigenvalue weighted by Gasteiger charge is 2.18. The van der Waals surface area contributed by atoms with Gasteiger partial charge in [-0.25, -0.2) is 0 Å². The molecule has 1 heteroatoms. The molecule has 0 aromatic rings. The molecule has 0 spiro atoms. The largest absolute Gasteiger partial charge is 0.317 e. The summed E-state index contributed by atoms with van der Waals surface area (Å²) in [5, 5.41) is 3.35. The summed E-state index contributed by atoms with van der Waals surface area (Å²) in [6.45, 7) is 10.3. The third kappa shape index (κ3) is 7.06. The number of nitrogens with one attached hydrogen (secondary N) is 1. The van der Waals surface area contributed by atoms with E-state index in [-0.39, 0.29) is 0 Å². The molecule has 1 saturated carbocycles. The first-order valence-corrected chi connectivity index (χ1v) is 6.02. The summed E-state index contributed by atoms with van der Waals surface area (Å²) in [6, 6.07) is 0.804. The van der Waals surface area contributed by atoms with Crippen LogP contribution in [0, 0.1) is 5.92 Å². The fourth-order valence-corrected chi connectivity index (χ4v) is 1.75. The summed E-state index contributed by atoms with van der Waals surface area (Å²) in [5.41, 5.74) is 0. The Morgan fingerprint density at radius 2 is 1.38 bits per heavy atom. The molecule has 1 aliphatic rings. The van der Waals surface area contributed by atoms with Crippen molar-refractivity contribution in [1.29, 1.82) is 0 Å². The smallest absolute Gasteiger partial charge is 0.00896 e. The maximum Gasteiger partial charge on any atom is 0.00896 e. The fraction of sp³-hybridized carbons (Fsp3) is 1.00. The standard InChI is InChI=1S/C8H17N.2C2H6/c1-7-5-3-4-6-8(7)9-2;2*1-2/h7-9H,3-6H2,1-2H3;2*1-2H3. The second kappa shape index (κ2) is 12.0. The molecule has 2 atom stereocenters. The minimum Gasteiger partial charge on any atom is -0.317 e. The lowest BCUT2D eigenvalue weighted by atomic mass is 9.86. The zero-order chi connectivity index (χ0) is 10.7. The van der Waals surface area contributed by atoms with Crippen molar-refractivity contribution >= 4 is 0 Å². The molecule has 0 amide bonds. The minimum atomic E-state index is 0.804. The second-order valence-electron chi connectivity index (χ2n) is 3.16. The van der Waals surface area contributed by atoms with E-state index in [4.69, 9.17) is 0 Å². The highest BCUT2D eigenvalue weighted by atomic mass is 14.9. The van der Waals surface area contributed by atoms with Gasteiger partial charge in [0.1, 0.15) is 0 Å². The predicted octanol–water partition coefficient (Wildman–Crippen LogP) is 3.84. The van der Waals surface area contributed by atoms with Gasteiger partial charge in [-0.1, -0.05) is 47.5 Å². The van der Waals surface area contributed by atoms with Crippen molar-refractivity contribution in [3.8, 4) is 0 Å². The molecule has 1 N–H and O–H groups in total. The topological polar surface area (TPSA) is 12.0 Å². The lowest BCUT2D eigenvalue weighted by molar-refractivity contribution is 0.294. The van der Waals surface area contributed by atoms with Gasteiger partial charge in [-0.3, -0.25) is 0 Å². The molecule has 1 rings (SSSR count). The van der Waals surface area contributed by atoms with Crippen LogP contribution in [0.1, 0.15) is 60.3 Å². The Labute approximate surface area is 85.3 Å². The zero-order valence-corrected chi connectivity index (χ0v) is 10.5. The van der Waals surface area contributed by atoms with E-state index in [1.807, 2.05) is 27.7 Å². The molecule has 82 valence electrons. The Hall–Kier alpha value is -0.0400. The van der Waals surface area contributed by atoms with Crippen LogP contribution in [0.4, 0.5) is 0 Å². The molecule has 0 radical (unpaired) electrons. The van der Waals surface area contributed by atoms with Gasteiger partial charge in [0.25, 0.3) is 0 Å². The molecule has 0 aromatic heterocycles. The van der Waals surface area contributed by atoms with E-state index in [0.29, 0.717) is 0 Å². The maximum atomic E-state index is 3.35. The van der Waals surface area contributed by atoms with Crippen LogP contribution in [0.2, 0.25) is 0 Å². The summed E-state index contributed by atoms with van der Waals surface area (Å²) in [6.07, 6.45) is 5.68. The summed E-state index contributed by atoms with van der Waals surface area (Å²) in [4.78, 5) is 0. The van der Waals surface area contributed by atoms with Gasteiger partial charge in [-0.2, -0.15) is 0 Å². The average molecular weight is 187 g/mol. The number of hydrogen-bond acceptors (Lipinski definition) is 1. The molecule has 0 aliphatic heterocycles. The van der Waals surface area contributed by atoms with Gasteiger partial charge in [-0.15, -0.1) is 0 Å². The van der Waals surface area contributed by atoms with Crippen LogP contribution in [0.3, 0.4) is 0 Å². The predicted molar refractivity (Wildman–Crippen MR) is 63.2 cm³/mol. The molecular formula is C12H29N. The monoisotopic (exact) mass is 187 g/mol. The fourth-order valence-electron chi connectivity index (χ4n) is 1.75. The van der Waals surface area contributed by atoms with E-state index in [1.165, 1.54) is 25.7 Å². The first-order chi connectivity index (χ1) is 6.34. The van der Waals surface area contributed by atoms with Gasteiger partial charge in [0.2, 0.25) is 0 Å². The summed E-state index contributed by atoms with van der Waals surface area (Å²) >= 11 is 0. The van der Waals surface area contributed by atoms with Crippen LogP contribution in [-0.4, -0.2) is 13.1 Å². The molecule has 2 unspecified atom stereocenters. The van der Waals surface area contributed by atoms with E-state index in [0.717, 1.165) is 12.0 Å². The van der Waals surface area contributed by atoms with Gasteiger partial charge in [-0.05, 0) is 25.8 Å². The lowest BCUT2D eigenvalue weighted by Crippen LogP contribution is -2.34. The molecule has 1 nitrogen and oxygen atoms in total. The second-order valence-corrected chi connectivity index (χ2v) is 3.16. The zero-order valence-electron chi connectivity index (χ0n) is 10.5. The van der Waals surface area contributed by atoms with E-state index in [2.05, 4.69) is 19.3 Å². The highest BCUT2D eigenvalue weighted by Crippen LogP contribution is 2.22. The van der Waals surface area contributed by atoms with E-state index >= 15 is 0 Å². The summed E-state index contributed by atoms with van der Waals surface area (Å²) in [5.74, 6) is 0.906. The van der Waals surface area contributed by atoms with Crippen molar-refractivity contribution in [2.45, 2.75) is 66.3 Å². The molecule has 1 aliphatic carbocycles. The Balaban J connectivity index is 0. The highest BCUT2D eigenvalue weighted by molar-refractivity contribution is 4.75. The van der Waals surface area contributed by atoms with Crippen LogP contribution in [0.25, 0.3) is 0 Å². The van der Waals surface area contributed by atoms with Crippen LogP contribution < -0.4 is 5.32 Å². The van der Waals surface area contributed by atoms with Gasteiger partial charge in [0.15, 0.2) is 0 Å². The van der Waals surface area contributed by atoms with Crippen molar-refractivity contribution in [3.05, 3.63) is 0 Å². The quantitative estimate of drug-likeness (QED) is 0.658. The molecule has 0 bridgehead atoms. The van der Waals surface area contributed by atoms with Crippen LogP contribution in [0.5, 0.6) is 0 Å². The van der Waals surface area contributed by atoms with E-state index in [1.54, 1.807) is 0 Å². The van der Waals surface area contributed by atoms with Gasteiger partial charge in [0, 0.05) is 6.04 Å². The molecule has 0 saturated heterocycles. The van der Waals surface area contributed by atoms with Gasteiger partial charge >= 0.3 is 0 Å². The first kappa shape index (κ1) is 15.4. The summed E-state index contributed by atoms with van der Waals surface area (Å²) < 4.78 is 0. The van der Waals surface area contributed by atoms with Crippen molar-refractivity contribution in [2.75, 3.05) is 7.05 Å². The minimum absolute atomic E-state index is 0.804. The molecule has 13 heavy (non-hydrogen) atoms. The average Bonchev–Trinajstić information content (AvgIpc) is 2.24. The number of hydrogen-bond donors (Lipinski definition) is 1. The van der Waals surface area contributed by atoms with Crippen LogP contribution >= 0.6 is 0 Å². The third-order valence-corrected chi connectivity index (χ3v) is 2.48. The van der Waals surface area contributed by atoms with Gasteiger partial charge in [0.05, 0.1) is 0 Å². The Bertz CT molecular complexity index is 81.2. The third-order valence-electron chi connectivity index (χ3n) is 2.48. The lowest BCUT2D eigenvalue weighted by Gasteiger charge is -2.27. The summed E-state index contributed by atoms with van der Waals surface area (Å²) in [7, 11) is 2.08. The van der Waals surface area contributed by atoms with Crippen molar-refractivity contribution in [3.63, 3.8) is 0 Å². The molecule has 0 aromatic carbocycles. The van der Waals surface area contributed by atoms with Crippen molar-refractivity contribution in [2.24, 2.45) is 5.92 Å². The normalized spacial score (nSPS) is 26.3.